The van der Waals surface area contributed by atoms with Gasteiger partial charge >= 0.3 is 0 Å². The number of aryl methyl sites for hydroxylation is 2. The van der Waals surface area contributed by atoms with Gasteiger partial charge in [-0.2, -0.15) is 0 Å². The maximum Gasteiger partial charge on any atom is 0.188 e. The predicted octanol–water partition coefficient (Wildman–Crippen LogP) is 3.33. The van der Waals surface area contributed by atoms with Gasteiger partial charge in [-0.25, -0.2) is 15.0 Å². The van der Waals surface area contributed by atoms with E-state index in [9.17, 15) is 0 Å². The molecule has 0 saturated carbocycles. The first-order valence-electron chi connectivity index (χ1n) is 6.36. The highest BCUT2D eigenvalue weighted by Gasteiger charge is 2.04. The molecule has 0 aliphatic carbocycles. The van der Waals surface area contributed by atoms with E-state index in [2.05, 4.69) is 19.9 Å². The molecule has 0 fully saturated rings. The van der Waals surface area contributed by atoms with Crippen LogP contribution in [0.5, 0.6) is 0 Å². The Morgan fingerprint density at radius 2 is 1.65 bits per heavy atom. The van der Waals surface area contributed by atoms with Gasteiger partial charge in [0.2, 0.25) is 0 Å². The largest absolute Gasteiger partial charge is 0.253 e. The van der Waals surface area contributed by atoms with Crippen molar-refractivity contribution in [1.82, 2.24) is 19.9 Å². The van der Waals surface area contributed by atoms with Gasteiger partial charge in [0.1, 0.15) is 0 Å². The van der Waals surface area contributed by atoms with Crippen LogP contribution < -0.4 is 0 Å². The van der Waals surface area contributed by atoms with Gasteiger partial charge in [-0.3, -0.25) is 4.98 Å². The van der Waals surface area contributed by atoms with Crippen molar-refractivity contribution >= 4 is 22.8 Å². The average Bonchev–Trinajstić information content (AvgIpc) is 2.44. The van der Waals surface area contributed by atoms with Crippen molar-refractivity contribution in [2.45, 2.75) is 24.8 Å². The van der Waals surface area contributed by atoms with Gasteiger partial charge in [-0.15, -0.1) is 0 Å². The maximum atomic E-state index is 4.60. The number of hydrogen-bond donors (Lipinski definition) is 0. The van der Waals surface area contributed by atoms with E-state index in [1.807, 2.05) is 50.4 Å². The molecule has 0 saturated heterocycles. The van der Waals surface area contributed by atoms with Crippen LogP contribution in [0.15, 0.2) is 41.7 Å². The molecule has 0 unspecified atom stereocenters. The zero-order valence-corrected chi connectivity index (χ0v) is 12.2. The Morgan fingerprint density at radius 1 is 0.950 bits per heavy atom. The van der Waals surface area contributed by atoms with Gasteiger partial charge in [0.25, 0.3) is 0 Å². The third-order valence-corrected chi connectivity index (χ3v) is 3.69. The minimum Gasteiger partial charge on any atom is -0.253 e. The lowest BCUT2D eigenvalue weighted by Gasteiger charge is -2.03. The molecule has 0 bridgehead atoms. The molecule has 20 heavy (non-hydrogen) atoms. The number of nitrogens with zero attached hydrogens (tertiary/aromatic N) is 4. The summed E-state index contributed by atoms with van der Waals surface area (Å²) in [4.78, 5) is 17.8. The molecule has 0 aliphatic rings. The maximum absolute atomic E-state index is 4.60. The minimum absolute atomic E-state index is 0.723. The fraction of sp³-hybridized carbons (Fsp3) is 0.200. The summed E-state index contributed by atoms with van der Waals surface area (Å²) in [7, 11) is 0. The fourth-order valence-corrected chi connectivity index (χ4v) is 2.79. The first-order chi connectivity index (χ1) is 9.70. The van der Waals surface area contributed by atoms with Crippen molar-refractivity contribution < 1.29 is 0 Å². The lowest BCUT2D eigenvalue weighted by atomic mass is 10.3. The summed E-state index contributed by atoms with van der Waals surface area (Å²) >= 11 is 1.59. The predicted molar refractivity (Wildman–Crippen MR) is 80.6 cm³/mol. The lowest BCUT2D eigenvalue weighted by Crippen LogP contribution is -1.95. The van der Waals surface area contributed by atoms with Gasteiger partial charge in [-0.1, -0.05) is 23.9 Å². The van der Waals surface area contributed by atoms with E-state index in [1.54, 1.807) is 11.8 Å². The molecule has 2 aromatic heterocycles. The molecule has 0 amide bonds. The number of rotatable bonds is 3. The monoisotopic (exact) mass is 282 g/mol. The first kappa shape index (κ1) is 13.0. The van der Waals surface area contributed by atoms with Gasteiger partial charge in [0.05, 0.1) is 16.7 Å². The Morgan fingerprint density at radius 3 is 2.40 bits per heavy atom. The molecule has 3 rings (SSSR count). The van der Waals surface area contributed by atoms with Crippen LogP contribution in [0.1, 0.15) is 17.1 Å². The van der Waals surface area contributed by atoms with E-state index in [0.717, 1.165) is 39.0 Å². The third kappa shape index (κ3) is 2.93. The summed E-state index contributed by atoms with van der Waals surface area (Å²) in [6.07, 6.45) is 1.82. The van der Waals surface area contributed by atoms with E-state index in [4.69, 9.17) is 0 Å². The SMILES string of the molecule is Cc1cc(C)nc(SCc2cnc3ccccc3n2)n1. The van der Waals surface area contributed by atoms with Crippen molar-refractivity contribution in [1.29, 1.82) is 0 Å². The number of fused-ring (bicyclic) bond motifs is 1. The van der Waals surface area contributed by atoms with Gasteiger partial charge in [0.15, 0.2) is 5.16 Å². The molecule has 2 heterocycles. The molecule has 0 N–H and O–H groups in total. The molecule has 100 valence electrons. The first-order valence-corrected chi connectivity index (χ1v) is 7.35. The quantitative estimate of drug-likeness (QED) is 0.545. The molecule has 5 heteroatoms. The highest BCUT2D eigenvalue weighted by atomic mass is 32.2. The number of para-hydroxylation sites is 2. The van der Waals surface area contributed by atoms with Crippen molar-refractivity contribution in [2.75, 3.05) is 0 Å². The van der Waals surface area contributed by atoms with Gasteiger partial charge in [-0.05, 0) is 32.0 Å². The Labute approximate surface area is 121 Å². The van der Waals surface area contributed by atoms with Crippen LogP contribution in [-0.4, -0.2) is 19.9 Å². The Hall–Kier alpha value is -2.01. The Kier molecular flexibility index (Phi) is 3.60. The zero-order chi connectivity index (χ0) is 13.9. The molecule has 3 aromatic rings. The number of benzene rings is 1. The summed E-state index contributed by atoms with van der Waals surface area (Å²) in [6.45, 7) is 3.96. The van der Waals surface area contributed by atoms with Crippen molar-refractivity contribution in [3.05, 3.63) is 53.6 Å². The molecular formula is C15H14N4S. The van der Waals surface area contributed by atoms with Crippen LogP contribution >= 0.6 is 11.8 Å². The van der Waals surface area contributed by atoms with E-state index < -0.39 is 0 Å². The lowest BCUT2D eigenvalue weighted by molar-refractivity contribution is 0.901. The summed E-state index contributed by atoms with van der Waals surface area (Å²) in [5.74, 6) is 0.723. The second kappa shape index (κ2) is 5.54. The normalized spacial score (nSPS) is 10.9. The standard InChI is InChI=1S/C15H14N4S/c1-10-7-11(2)18-15(17-10)20-9-12-8-16-13-5-3-4-6-14(13)19-12/h3-8H,9H2,1-2H3. The fourth-order valence-electron chi connectivity index (χ4n) is 1.96. The van der Waals surface area contributed by atoms with Crippen molar-refractivity contribution in [3.8, 4) is 0 Å². The molecule has 0 atom stereocenters. The van der Waals surface area contributed by atoms with E-state index >= 15 is 0 Å². The Bertz CT molecular complexity index is 737. The average molecular weight is 282 g/mol. The summed E-state index contributed by atoms with van der Waals surface area (Å²) in [5, 5.41) is 0.789. The topological polar surface area (TPSA) is 51.6 Å². The van der Waals surface area contributed by atoms with E-state index in [-0.39, 0.29) is 0 Å². The van der Waals surface area contributed by atoms with Crippen LogP contribution in [0.2, 0.25) is 0 Å². The van der Waals surface area contributed by atoms with Crippen LogP contribution in [0.4, 0.5) is 0 Å². The van der Waals surface area contributed by atoms with Crippen molar-refractivity contribution in [2.24, 2.45) is 0 Å². The summed E-state index contributed by atoms with van der Waals surface area (Å²) in [6, 6.07) is 9.85. The molecule has 1 aromatic carbocycles. The van der Waals surface area contributed by atoms with Crippen LogP contribution in [0, 0.1) is 13.8 Å². The van der Waals surface area contributed by atoms with E-state index in [1.165, 1.54) is 0 Å². The third-order valence-electron chi connectivity index (χ3n) is 2.81. The summed E-state index contributed by atoms with van der Waals surface area (Å²) in [5.41, 5.74) is 4.77. The van der Waals surface area contributed by atoms with Crippen molar-refractivity contribution in [3.63, 3.8) is 0 Å². The second-order valence-corrected chi connectivity index (χ2v) is 5.51. The molecule has 4 nitrogen and oxygen atoms in total. The molecule has 0 aliphatic heterocycles. The zero-order valence-electron chi connectivity index (χ0n) is 11.4. The smallest absolute Gasteiger partial charge is 0.188 e. The highest BCUT2D eigenvalue weighted by molar-refractivity contribution is 7.98. The van der Waals surface area contributed by atoms with Crippen LogP contribution in [-0.2, 0) is 5.75 Å². The number of thioether (sulfide) groups is 1. The minimum atomic E-state index is 0.723. The second-order valence-electron chi connectivity index (χ2n) is 4.57. The van der Waals surface area contributed by atoms with E-state index in [0.29, 0.717) is 0 Å². The van der Waals surface area contributed by atoms with Crippen LogP contribution in [0.25, 0.3) is 11.0 Å². The highest BCUT2D eigenvalue weighted by Crippen LogP contribution is 2.19. The molecule has 0 spiro atoms. The number of hydrogen-bond acceptors (Lipinski definition) is 5. The van der Waals surface area contributed by atoms with Gasteiger partial charge in [0, 0.05) is 23.3 Å². The molecular weight excluding hydrogens is 268 g/mol. The Balaban J connectivity index is 1.79. The number of aromatic nitrogens is 4. The van der Waals surface area contributed by atoms with Gasteiger partial charge < -0.3 is 0 Å². The van der Waals surface area contributed by atoms with Crippen LogP contribution in [0.3, 0.4) is 0 Å². The molecule has 0 radical (unpaired) electrons. The summed E-state index contributed by atoms with van der Waals surface area (Å²) < 4.78 is 0.